The number of halogens is 1. The summed E-state index contributed by atoms with van der Waals surface area (Å²) in [7, 11) is -3.83. The molecule has 0 atom stereocenters. The Balaban J connectivity index is 1.60. The van der Waals surface area contributed by atoms with Gasteiger partial charge in [0.2, 0.25) is 0 Å². The second-order valence-electron chi connectivity index (χ2n) is 7.36. The van der Waals surface area contributed by atoms with Crippen molar-refractivity contribution < 1.29 is 13.2 Å². The van der Waals surface area contributed by atoms with E-state index in [4.69, 9.17) is 11.6 Å². The summed E-state index contributed by atoms with van der Waals surface area (Å²) < 4.78 is 28.4. The van der Waals surface area contributed by atoms with Gasteiger partial charge in [-0.05, 0) is 60.9 Å². The number of sulfonamides is 1. The van der Waals surface area contributed by atoms with Crippen LogP contribution in [-0.4, -0.2) is 26.6 Å². The lowest BCUT2D eigenvalue weighted by Crippen LogP contribution is -2.26. The Hall–Kier alpha value is -2.48. The lowest BCUT2D eigenvalue weighted by Gasteiger charge is -2.13. The van der Waals surface area contributed by atoms with Gasteiger partial charge in [-0.1, -0.05) is 48.0 Å². The minimum absolute atomic E-state index is 0.0831. The molecule has 1 amide bonds. The summed E-state index contributed by atoms with van der Waals surface area (Å²) in [5, 5.41) is 3.58. The molecule has 0 spiro atoms. The number of amides is 1. The fourth-order valence-corrected chi connectivity index (χ4v) is 5.55. The number of carbonyl (C=O) groups excluding carboxylic acids is 1. The van der Waals surface area contributed by atoms with E-state index in [-0.39, 0.29) is 10.8 Å². The molecule has 0 aromatic heterocycles. The predicted octanol–water partition coefficient (Wildman–Crippen LogP) is 5.42. The molecule has 0 aliphatic rings. The van der Waals surface area contributed by atoms with E-state index >= 15 is 0 Å². The number of thioether (sulfide) groups is 1. The van der Waals surface area contributed by atoms with Crippen molar-refractivity contribution in [1.82, 2.24) is 5.32 Å². The molecule has 3 aromatic rings. The lowest BCUT2D eigenvalue weighted by atomic mass is 10.1. The zero-order valence-corrected chi connectivity index (χ0v) is 20.3. The predicted molar refractivity (Wildman–Crippen MR) is 133 cm³/mol. The Morgan fingerprint density at radius 1 is 1.00 bits per heavy atom. The first-order valence-electron chi connectivity index (χ1n) is 10.1. The highest BCUT2D eigenvalue weighted by Gasteiger charge is 2.19. The topological polar surface area (TPSA) is 75.3 Å². The number of benzene rings is 3. The van der Waals surface area contributed by atoms with Crippen LogP contribution in [0.5, 0.6) is 0 Å². The third-order valence-corrected chi connectivity index (χ3v) is 7.66. The fourth-order valence-electron chi connectivity index (χ4n) is 3.09. The van der Waals surface area contributed by atoms with Gasteiger partial charge in [-0.3, -0.25) is 9.52 Å². The Kier molecular flexibility index (Phi) is 8.23. The first-order valence-corrected chi connectivity index (χ1v) is 13.1. The van der Waals surface area contributed by atoms with Gasteiger partial charge in [0.1, 0.15) is 0 Å². The Labute approximate surface area is 198 Å². The van der Waals surface area contributed by atoms with Crippen molar-refractivity contribution in [2.75, 3.05) is 17.0 Å². The molecule has 0 heterocycles. The van der Waals surface area contributed by atoms with Crippen molar-refractivity contribution in [2.45, 2.75) is 24.5 Å². The van der Waals surface area contributed by atoms with Crippen LogP contribution in [-0.2, 0) is 15.8 Å². The average Bonchev–Trinajstić information content (AvgIpc) is 2.74. The molecule has 0 unspecified atom stereocenters. The number of anilines is 1. The molecule has 8 heteroatoms. The standard InChI is InChI=1S/C24H25ClN2O3S2/c1-17-6-5-8-21(14-17)27-32(29,30)23-15-19(11-10-18(23)2)24(28)26-12-13-31-16-20-7-3-4-9-22(20)25/h3-11,14-15,27H,12-13,16H2,1-2H3,(H,26,28). The molecule has 5 nitrogen and oxygen atoms in total. The van der Waals surface area contributed by atoms with E-state index in [9.17, 15) is 13.2 Å². The number of aryl methyl sites for hydroxylation is 2. The molecule has 0 saturated carbocycles. The molecule has 0 aliphatic carbocycles. The number of rotatable bonds is 9. The first kappa shape index (κ1) is 24.2. The summed E-state index contributed by atoms with van der Waals surface area (Å²) in [6.07, 6.45) is 0. The van der Waals surface area contributed by atoms with Crippen LogP contribution >= 0.6 is 23.4 Å². The minimum Gasteiger partial charge on any atom is -0.351 e. The van der Waals surface area contributed by atoms with Crippen molar-refractivity contribution >= 4 is 45.0 Å². The van der Waals surface area contributed by atoms with Crippen molar-refractivity contribution in [3.8, 4) is 0 Å². The largest absolute Gasteiger partial charge is 0.351 e. The molecule has 0 aliphatic heterocycles. The molecule has 0 saturated heterocycles. The summed E-state index contributed by atoms with van der Waals surface area (Å²) >= 11 is 7.82. The Bertz CT molecular complexity index is 1210. The number of carbonyl (C=O) groups is 1. The van der Waals surface area contributed by atoms with Crippen molar-refractivity contribution in [3.63, 3.8) is 0 Å². The summed E-state index contributed by atoms with van der Waals surface area (Å²) in [6, 6.07) is 19.5. The quantitative estimate of drug-likeness (QED) is 0.394. The molecular weight excluding hydrogens is 464 g/mol. The maximum Gasteiger partial charge on any atom is 0.262 e. The third kappa shape index (κ3) is 6.51. The van der Waals surface area contributed by atoms with E-state index in [0.29, 0.717) is 29.1 Å². The van der Waals surface area contributed by atoms with E-state index in [0.717, 1.165) is 21.9 Å². The van der Waals surface area contributed by atoms with Crippen LogP contribution in [0.1, 0.15) is 27.0 Å². The molecule has 0 fully saturated rings. The monoisotopic (exact) mass is 488 g/mol. The maximum absolute atomic E-state index is 12.9. The van der Waals surface area contributed by atoms with E-state index in [2.05, 4.69) is 10.0 Å². The smallest absolute Gasteiger partial charge is 0.262 e. The van der Waals surface area contributed by atoms with Gasteiger partial charge < -0.3 is 5.32 Å². The molecule has 0 radical (unpaired) electrons. The van der Waals surface area contributed by atoms with Gasteiger partial charge in [0.15, 0.2) is 0 Å². The van der Waals surface area contributed by atoms with Crippen LogP contribution in [0.15, 0.2) is 71.6 Å². The maximum atomic E-state index is 12.9. The molecule has 32 heavy (non-hydrogen) atoms. The van der Waals surface area contributed by atoms with Crippen LogP contribution < -0.4 is 10.0 Å². The second-order valence-corrected chi connectivity index (χ2v) is 10.5. The number of nitrogens with one attached hydrogen (secondary N) is 2. The number of hydrogen-bond donors (Lipinski definition) is 2. The zero-order chi connectivity index (χ0) is 23.1. The van der Waals surface area contributed by atoms with E-state index in [1.54, 1.807) is 49.0 Å². The minimum atomic E-state index is -3.83. The molecule has 3 aromatic carbocycles. The van der Waals surface area contributed by atoms with Gasteiger partial charge in [-0.2, -0.15) is 11.8 Å². The third-order valence-electron chi connectivity index (χ3n) is 4.76. The van der Waals surface area contributed by atoms with Crippen LogP contribution in [0.25, 0.3) is 0 Å². The SMILES string of the molecule is Cc1cccc(NS(=O)(=O)c2cc(C(=O)NCCSCc3ccccc3Cl)ccc2C)c1. The van der Waals surface area contributed by atoms with E-state index in [1.807, 2.05) is 37.3 Å². The normalized spacial score (nSPS) is 11.2. The summed E-state index contributed by atoms with van der Waals surface area (Å²) in [6.45, 7) is 4.06. The van der Waals surface area contributed by atoms with Crippen LogP contribution in [0.2, 0.25) is 5.02 Å². The van der Waals surface area contributed by atoms with Gasteiger partial charge in [-0.25, -0.2) is 8.42 Å². The Morgan fingerprint density at radius 3 is 2.53 bits per heavy atom. The van der Waals surface area contributed by atoms with Gasteiger partial charge in [-0.15, -0.1) is 0 Å². The van der Waals surface area contributed by atoms with Crippen molar-refractivity contribution in [2.24, 2.45) is 0 Å². The van der Waals surface area contributed by atoms with Crippen LogP contribution in [0.3, 0.4) is 0 Å². The van der Waals surface area contributed by atoms with Gasteiger partial charge in [0, 0.05) is 34.3 Å². The molecule has 2 N–H and O–H groups in total. The zero-order valence-electron chi connectivity index (χ0n) is 17.9. The average molecular weight is 489 g/mol. The van der Waals surface area contributed by atoms with Gasteiger partial charge in [0.05, 0.1) is 4.90 Å². The molecule has 168 valence electrons. The fraction of sp³-hybridized carbons (Fsp3) is 0.208. The van der Waals surface area contributed by atoms with Gasteiger partial charge >= 0.3 is 0 Å². The second kappa shape index (κ2) is 10.9. The highest BCUT2D eigenvalue weighted by molar-refractivity contribution is 7.98. The molecule has 0 bridgehead atoms. The number of hydrogen-bond acceptors (Lipinski definition) is 4. The van der Waals surface area contributed by atoms with E-state index < -0.39 is 10.0 Å². The first-order chi connectivity index (χ1) is 15.3. The van der Waals surface area contributed by atoms with Crippen molar-refractivity contribution in [3.05, 3.63) is 94.0 Å². The molecule has 3 rings (SSSR count). The summed E-state index contributed by atoms with van der Waals surface area (Å²) in [4.78, 5) is 12.7. The van der Waals surface area contributed by atoms with Gasteiger partial charge in [0.25, 0.3) is 15.9 Å². The lowest BCUT2D eigenvalue weighted by molar-refractivity contribution is 0.0956. The van der Waals surface area contributed by atoms with Crippen LogP contribution in [0.4, 0.5) is 5.69 Å². The summed E-state index contributed by atoms with van der Waals surface area (Å²) in [5.74, 6) is 1.16. The Morgan fingerprint density at radius 2 is 1.78 bits per heavy atom. The molecular formula is C24H25ClN2O3S2. The van der Waals surface area contributed by atoms with E-state index in [1.165, 1.54) is 6.07 Å². The van der Waals surface area contributed by atoms with Crippen LogP contribution in [0, 0.1) is 13.8 Å². The summed E-state index contributed by atoms with van der Waals surface area (Å²) in [5.41, 5.74) is 3.35. The highest BCUT2D eigenvalue weighted by atomic mass is 35.5. The highest BCUT2D eigenvalue weighted by Crippen LogP contribution is 2.22. The van der Waals surface area contributed by atoms with Crippen molar-refractivity contribution in [1.29, 1.82) is 0 Å².